The molecule has 0 radical (unpaired) electrons. The molecule has 3 rings (SSSR count). The zero-order chi connectivity index (χ0) is 16.9. The average molecular weight is 362 g/mol. The molecule has 9 heteroatoms. The van der Waals surface area contributed by atoms with Crippen LogP contribution in [0.15, 0.2) is 34.7 Å². The number of carbonyl (C=O) groups is 1. The number of carbonyl (C=O) groups excluding carboxylic acids is 1. The number of amides is 1. The van der Waals surface area contributed by atoms with Crippen molar-refractivity contribution in [2.45, 2.75) is 30.8 Å². The number of amidine groups is 1. The summed E-state index contributed by atoms with van der Waals surface area (Å²) in [5, 5.41) is 12.5. The van der Waals surface area contributed by atoms with Gasteiger partial charge < -0.3 is 9.88 Å². The highest BCUT2D eigenvalue weighted by Crippen LogP contribution is 2.26. The summed E-state index contributed by atoms with van der Waals surface area (Å²) in [5.74, 6) is 1.62. The minimum atomic E-state index is -0.287. The molecule has 1 atom stereocenters. The lowest BCUT2D eigenvalue weighted by atomic mass is 10.3. The maximum Gasteiger partial charge on any atom is 0.239 e. The summed E-state index contributed by atoms with van der Waals surface area (Å²) in [4.78, 5) is 20.7. The van der Waals surface area contributed by atoms with E-state index in [9.17, 15) is 4.79 Å². The molecule has 0 aliphatic carbocycles. The van der Waals surface area contributed by atoms with Crippen molar-refractivity contribution in [2.24, 2.45) is 4.99 Å². The number of aliphatic imine (C=N–C) groups is 1. The summed E-state index contributed by atoms with van der Waals surface area (Å²) in [6, 6.07) is 3.82. The van der Waals surface area contributed by atoms with Gasteiger partial charge in [0.15, 0.2) is 16.1 Å². The van der Waals surface area contributed by atoms with Gasteiger partial charge in [0.05, 0.1) is 11.8 Å². The van der Waals surface area contributed by atoms with Gasteiger partial charge in [-0.25, -0.2) is 0 Å². The smallest absolute Gasteiger partial charge is 0.239 e. The van der Waals surface area contributed by atoms with Gasteiger partial charge in [-0.2, -0.15) is 0 Å². The molecule has 2 aromatic heterocycles. The molecule has 0 bridgehead atoms. The van der Waals surface area contributed by atoms with Crippen LogP contribution in [0.4, 0.5) is 0 Å². The number of nitrogens with zero attached hydrogens (tertiary/aromatic N) is 5. The van der Waals surface area contributed by atoms with Crippen LogP contribution < -0.4 is 5.32 Å². The van der Waals surface area contributed by atoms with Gasteiger partial charge in [0.2, 0.25) is 5.91 Å². The lowest BCUT2D eigenvalue weighted by molar-refractivity contribution is -0.118. The molecular weight excluding hydrogens is 344 g/mol. The van der Waals surface area contributed by atoms with Crippen LogP contribution in [0, 0.1) is 0 Å². The lowest BCUT2D eigenvalue weighted by Crippen LogP contribution is -2.34. The zero-order valence-electron chi connectivity index (χ0n) is 13.5. The van der Waals surface area contributed by atoms with Crippen LogP contribution in [0.5, 0.6) is 0 Å². The van der Waals surface area contributed by atoms with Crippen LogP contribution in [0.2, 0.25) is 0 Å². The van der Waals surface area contributed by atoms with Crippen molar-refractivity contribution in [1.82, 2.24) is 25.1 Å². The number of aromatic nitrogens is 4. The quantitative estimate of drug-likeness (QED) is 0.820. The first-order valence-electron chi connectivity index (χ1n) is 7.67. The SMILES string of the molecule is CCn1c(S[C@@H](C)C(=O)NC2=NCCS2)nnc1-c1cccnc1. The molecule has 7 nitrogen and oxygen atoms in total. The molecule has 1 aliphatic rings. The van der Waals surface area contributed by atoms with Crippen molar-refractivity contribution in [1.29, 1.82) is 0 Å². The van der Waals surface area contributed by atoms with Gasteiger partial charge in [-0.3, -0.25) is 14.8 Å². The van der Waals surface area contributed by atoms with Gasteiger partial charge in [-0.15, -0.1) is 10.2 Å². The molecule has 0 aromatic carbocycles. The Bertz CT molecular complexity index is 746. The lowest BCUT2D eigenvalue weighted by Gasteiger charge is -2.12. The highest BCUT2D eigenvalue weighted by Gasteiger charge is 2.22. The van der Waals surface area contributed by atoms with Gasteiger partial charge in [0, 0.05) is 30.3 Å². The van der Waals surface area contributed by atoms with E-state index in [2.05, 4.69) is 25.5 Å². The Morgan fingerprint density at radius 2 is 2.38 bits per heavy atom. The molecular formula is C15H18N6OS2. The molecule has 24 heavy (non-hydrogen) atoms. The molecule has 1 N–H and O–H groups in total. The van der Waals surface area contributed by atoms with Gasteiger partial charge in [-0.05, 0) is 26.0 Å². The van der Waals surface area contributed by atoms with E-state index in [0.29, 0.717) is 5.17 Å². The van der Waals surface area contributed by atoms with Crippen molar-refractivity contribution < 1.29 is 4.79 Å². The van der Waals surface area contributed by atoms with Gasteiger partial charge in [-0.1, -0.05) is 23.5 Å². The van der Waals surface area contributed by atoms with Crippen molar-refractivity contribution >= 4 is 34.6 Å². The number of nitrogens with one attached hydrogen (secondary N) is 1. The Hall–Kier alpha value is -1.87. The highest BCUT2D eigenvalue weighted by molar-refractivity contribution is 8.14. The predicted molar refractivity (Wildman–Crippen MR) is 97.1 cm³/mol. The highest BCUT2D eigenvalue weighted by atomic mass is 32.2. The van der Waals surface area contributed by atoms with Crippen molar-refractivity contribution in [3.63, 3.8) is 0 Å². The standard InChI is InChI=1S/C15H18N6OS2/c1-3-21-12(11-5-4-6-16-9-11)19-20-15(21)24-10(2)13(22)18-14-17-7-8-23-14/h4-6,9-10H,3,7-8H2,1-2H3,(H,17,18,22)/t10-/m0/s1. The maximum absolute atomic E-state index is 12.3. The Morgan fingerprint density at radius 3 is 3.04 bits per heavy atom. The second kappa shape index (κ2) is 7.80. The first kappa shape index (κ1) is 17.0. The third kappa shape index (κ3) is 3.78. The number of hydrogen-bond acceptors (Lipinski definition) is 7. The zero-order valence-corrected chi connectivity index (χ0v) is 15.1. The van der Waals surface area contributed by atoms with E-state index in [1.807, 2.05) is 30.5 Å². The minimum absolute atomic E-state index is 0.0678. The predicted octanol–water partition coefficient (Wildman–Crippen LogP) is 2.06. The van der Waals surface area contributed by atoms with Crippen LogP contribution in [0.1, 0.15) is 13.8 Å². The molecule has 1 amide bonds. The molecule has 0 unspecified atom stereocenters. The molecule has 0 fully saturated rings. The fourth-order valence-electron chi connectivity index (χ4n) is 2.20. The average Bonchev–Trinajstić information content (AvgIpc) is 3.25. The number of pyridine rings is 1. The first-order chi connectivity index (χ1) is 11.7. The third-order valence-electron chi connectivity index (χ3n) is 3.42. The molecule has 3 heterocycles. The van der Waals surface area contributed by atoms with E-state index in [-0.39, 0.29) is 11.2 Å². The van der Waals surface area contributed by atoms with Crippen LogP contribution in [0.25, 0.3) is 11.4 Å². The molecule has 0 saturated carbocycles. The molecule has 2 aromatic rings. The van der Waals surface area contributed by atoms with Gasteiger partial charge in [0.25, 0.3) is 0 Å². The Morgan fingerprint density at radius 1 is 1.50 bits per heavy atom. The summed E-state index contributed by atoms with van der Waals surface area (Å²) in [5.41, 5.74) is 0.910. The number of thioether (sulfide) groups is 2. The van der Waals surface area contributed by atoms with Gasteiger partial charge in [0.1, 0.15) is 0 Å². The Kier molecular flexibility index (Phi) is 5.52. The maximum atomic E-state index is 12.3. The van der Waals surface area contributed by atoms with Crippen molar-refractivity contribution in [3.8, 4) is 11.4 Å². The summed E-state index contributed by atoms with van der Waals surface area (Å²) in [6.07, 6.45) is 3.48. The van der Waals surface area contributed by atoms with E-state index >= 15 is 0 Å². The van der Waals surface area contributed by atoms with Crippen LogP contribution in [0.3, 0.4) is 0 Å². The van der Waals surface area contributed by atoms with E-state index in [0.717, 1.165) is 35.4 Å². The molecule has 126 valence electrons. The summed E-state index contributed by atoms with van der Waals surface area (Å²) >= 11 is 2.97. The van der Waals surface area contributed by atoms with Crippen LogP contribution >= 0.6 is 23.5 Å². The Labute approximate surface area is 148 Å². The van der Waals surface area contributed by atoms with Crippen molar-refractivity contribution in [2.75, 3.05) is 12.3 Å². The molecule has 1 aliphatic heterocycles. The van der Waals surface area contributed by atoms with Gasteiger partial charge >= 0.3 is 0 Å². The topological polar surface area (TPSA) is 85.1 Å². The van der Waals surface area contributed by atoms with Crippen molar-refractivity contribution in [3.05, 3.63) is 24.5 Å². The summed E-state index contributed by atoms with van der Waals surface area (Å²) < 4.78 is 1.99. The summed E-state index contributed by atoms with van der Waals surface area (Å²) in [6.45, 7) is 5.37. The normalized spacial score (nSPS) is 15.2. The van der Waals surface area contributed by atoms with E-state index in [4.69, 9.17) is 0 Å². The van der Waals surface area contributed by atoms with Crippen LogP contribution in [-0.4, -0.2) is 48.4 Å². The number of hydrogen-bond donors (Lipinski definition) is 1. The molecule has 0 saturated heterocycles. The van der Waals surface area contributed by atoms with E-state index in [1.165, 1.54) is 11.8 Å². The monoisotopic (exact) mass is 362 g/mol. The number of rotatable bonds is 5. The Balaban J connectivity index is 1.73. The first-order valence-corrected chi connectivity index (χ1v) is 9.54. The second-order valence-electron chi connectivity index (χ2n) is 5.08. The summed E-state index contributed by atoms with van der Waals surface area (Å²) in [7, 11) is 0. The fraction of sp³-hybridized carbons (Fsp3) is 0.400. The van der Waals surface area contributed by atoms with E-state index < -0.39 is 0 Å². The van der Waals surface area contributed by atoms with E-state index in [1.54, 1.807) is 24.2 Å². The fourth-order valence-corrected chi connectivity index (χ4v) is 3.84. The second-order valence-corrected chi connectivity index (χ2v) is 7.47. The largest absolute Gasteiger partial charge is 0.304 e. The molecule has 0 spiro atoms. The minimum Gasteiger partial charge on any atom is -0.304 e. The third-order valence-corrected chi connectivity index (χ3v) is 5.39. The van der Waals surface area contributed by atoms with Crippen LogP contribution in [-0.2, 0) is 11.3 Å².